The number of benzene rings is 1. The Balaban J connectivity index is 2.78. The van der Waals surface area contributed by atoms with Gasteiger partial charge in [0.1, 0.15) is 0 Å². The van der Waals surface area contributed by atoms with Crippen molar-refractivity contribution < 1.29 is 14.7 Å². The van der Waals surface area contributed by atoms with Crippen LogP contribution >= 0.6 is 11.6 Å². The van der Waals surface area contributed by atoms with Crippen LogP contribution in [0, 0.1) is 5.92 Å². The van der Waals surface area contributed by atoms with Crippen LogP contribution in [0.4, 0.5) is 4.79 Å². The van der Waals surface area contributed by atoms with Crippen LogP contribution in [-0.2, 0) is 4.79 Å². The van der Waals surface area contributed by atoms with E-state index in [9.17, 15) is 14.7 Å². The number of nitrogens with zero attached hydrogens (tertiary/aromatic N) is 1. The van der Waals surface area contributed by atoms with Crippen molar-refractivity contribution in [3.05, 3.63) is 34.9 Å². The fraction of sp³-hybridized carbons (Fsp3) is 0.467. The second-order valence-corrected chi connectivity index (χ2v) is 5.75. The van der Waals surface area contributed by atoms with Gasteiger partial charge in [0.05, 0.1) is 0 Å². The largest absolute Gasteiger partial charge is 0.479 e. The molecule has 1 rings (SSSR count). The molecule has 21 heavy (non-hydrogen) atoms. The third kappa shape index (κ3) is 5.27. The van der Waals surface area contributed by atoms with E-state index in [1.807, 2.05) is 0 Å². The van der Waals surface area contributed by atoms with E-state index in [0.29, 0.717) is 23.0 Å². The number of urea groups is 1. The summed E-state index contributed by atoms with van der Waals surface area (Å²) in [5, 5.41) is 12.1. The molecular formula is C15H21ClN2O3. The molecule has 0 bridgehead atoms. The molecule has 6 heteroatoms. The Morgan fingerprint density at radius 3 is 2.48 bits per heavy atom. The first kappa shape index (κ1) is 17.3. The van der Waals surface area contributed by atoms with Gasteiger partial charge in [0.2, 0.25) is 0 Å². The van der Waals surface area contributed by atoms with Crippen LogP contribution in [0.5, 0.6) is 0 Å². The van der Waals surface area contributed by atoms with Gasteiger partial charge in [-0.25, -0.2) is 9.59 Å². The van der Waals surface area contributed by atoms with Crippen molar-refractivity contribution in [3.8, 4) is 0 Å². The number of carbonyl (C=O) groups is 2. The molecule has 0 aliphatic rings. The average Bonchev–Trinajstić information content (AvgIpc) is 2.42. The Bertz CT molecular complexity index is 505. The minimum Gasteiger partial charge on any atom is -0.479 e. The number of aliphatic carboxylic acids is 1. The van der Waals surface area contributed by atoms with Crippen molar-refractivity contribution >= 4 is 23.6 Å². The average molecular weight is 313 g/mol. The maximum absolute atomic E-state index is 12.1. The molecule has 2 N–H and O–H groups in total. The van der Waals surface area contributed by atoms with Crippen LogP contribution in [0.15, 0.2) is 24.3 Å². The number of carbonyl (C=O) groups excluding carboxylic acids is 1. The van der Waals surface area contributed by atoms with Crippen molar-refractivity contribution in [2.45, 2.75) is 26.3 Å². The molecule has 1 atom stereocenters. The first-order chi connectivity index (χ1) is 9.82. The summed E-state index contributed by atoms with van der Waals surface area (Å²) in [7, 11) is 1.64. The zero-order valence-corrected chi connectivity index (χ0v) is 13.2. The SMILES string of the molecule is CC(C)CCN(C)C(=O)N[C@@H](C(=O)O)c1ccccc1Cl. The number of amides is 2. The maximum atomic E-state index is 12.1. The summed E-state index contributed by atoms with van der Waals surface area (Å²) in [5.74, 6) is -0.673. The molecule has 0 aliphatic carbocycles. The predicted octanol–water partition coefficient (Wildman–Crippen LogP) is 3.15. The zero-order chi connectivity index (χ0) is 16.0. The van der Waals surface area contributed by atoms with E-state index in [2.05, 4.69) is 19.2 Å². The van der Waals surface area contributed by atoms with Gasteiger partial charge in [-0.1, -0.05) is 43.6 Å². The lowest BCUT2D eigenvalue weighted by Crippen LogP contribution is -2.42. The number of hydrogen-bond acceptors (Lipinski definition) is 2. The molecule has 0 aliphatic heterocycles. The molecule has 0 radical (unpaired) electrons. The summed E-state index contributed by atoms with van der Waals surface area (Å²) >= 11 is 6.00. The molecule has 1 aromatic rings. The highest BCUT2D eigenvalue weighted by Crippen LogP contribution is 2.23. The van der Waals surface area contributed by atoms with Gasteiger partial charge < -0.3 is 15.3 Å². The molecular weight excluding hydrogens is 292 g/mol. The van der Waals surface area contributed by atoms with Gasteiger partial charge in [-0.2, -0.15) is 0 Å². The van der Waals surface area contributed by atoms with Crippen molar-refractivity contribution in [2.75, 3.05) is 13.6 Å². The molecule has 0 heterocycles. The van der Waals surface area contributed by atoms with Gasteiger partial charge in [0, 0.05) is 24.2 Å². The highest BCUT2D eigenvalue weighted by Gasteiger charge is 2.25. The second-order valence-electron chi connectivity index (χ2n) is 5.35. The summed E-state index contributed by atoms with van der Waals surface area (Å²) in [6, 6.07) is 5.00. The summed E-state index contributed by atoms with van der Waals surface area (Å²) < 4.78 is 0. The van der Waals surface area contributed by atoms with Crippen molar-refractivity contribution in [2.24, 2.45) is 5.92 Å². The third-order valence-corrected chi connectivity index (χ3v) is 3.46. The van der Waals surface area contributed by atoms with Crippen molar-refractivity contribution in [1.29, 1.82) is 0 Å². The van der Waals surface area contributed by atoms with Crippen LogP contribution < -0.4 is 5.32 Å². The van der Waals surface area contributed by atoms with E-state index in [1.54, 1.807) is 31.3 Å². The van der Waals surface area contributed by atoms with Crippen LogP contribution in [0.25, 0.3) is 0 Å². The molecule has 0 spiro atoms. The zero-order valence-electron chi connectivity index (χ0n) is 12.5. The van der Waals surface area contributed by atoms with Crippen LogP contribution in [0.1, 0.15) is 31.9 Å². The van der Waals surface area contributed by atoms with E-state index in [1.165, 1.54) is 4.90 Å². The van der Waals surface area contributed by atoms with E-state index in [4.69, 9.17) is 11.6 Å². The highest BCUT2D eigenvalue weighted by molar-refractivity contribution is 6.31. The van der Waals surface area contributed by atoms with E-state index in [0.717, 1.165) is 6.42 Å². The third-order valence-electron chi connectivity index (χ3n) is 3.12. The summed E-state index contributed by atoms with van der Waals surface area (Å²) in [6.45, 7) is 4.70. The number of carboxylic acid groups (broad SMARTS) is 1. The fourth-order valence-electron chi connectivity index (χ4n) is 1.77. The number of rotatable bonds is 6. The quantitative estimate of drug-likeness (QED) is 0.847. The minimum atomic E-state index is -1.16. The van der Waals surface area contributed by atoms with Gasteiger partial charge in [0.15, 0.2) is 6.04 Å². The minimum absolute atomic E-state index is 0.315. The highest BCUT2D eigenvalue weighted by atomic mass is 35.5. The van der Waals surface area contributed by atoms with Crippen LogP contribution in [0.2, 0.25) is 5.02 Å². The lowest BCUT2D eigenvalue weighted by Gasteiger charge is -2.22. The lowest BCUT2D eigenvalue weighted by molar-refractivity contribution is -0.139. The van der Waals surface area contributed by atoms with E-state index < -0.39 is 18.0 Å². The van der Waals surface area contributed by atoms with Crippen LogP contribution in [-0.4, -0.2) is 35.6 Å². The maximum Gasteiger partial charge on any atom is 0.331 e. The lowest BCUT2D eigenvalue weighted by atomic mass is 10.1. The normalized spacial score (nSPS) is 12.0. The molecule has 2 amide bonds. The topological polar surface area (TPSA) is 69.6 Å². The monoisotopic (exact) mass is 312 g/mol. The molecule has 0 saturated heterocycles. The van der Waals surface area contributed by atoms with Gasteiger partial charge in [-0.05, 0) is 18.4 Å². The van der Waals surface area contributed by atoms with E-state index in [-0.39, 0.29) is 0 Å². The first-order valence-corrected chi connectivity index (χ1v) is 7.19. The molecule has 5 nitrogen and oxygen atoms in total. The second kappa shape index (κ2) is 7.88. The fourth-order valence-corrected chi connectivity index (χ4v) is 2.01. The molecule has 0 unspecified atom stereocenters. The summed E-state index contributed by atoms with van der Waals surface area (Å²) in [6.07, 6.45) is 0.855. The summed E-state index contributed by atoms with van der Waals surface area (Å²) in [5.41, 5.74) is 0.372. The molecule has 0 saturated carbocycles. The Hall–Kier alpha value is -1.75. The van der Waals surface area contributed by atoms with Gasteiger partial charge in [0.25, 0.3) is 0 Å². The first-order valence-electron chi connectivity index (χ1n) is 6.81. The Labute approximate surface area is 129 Å². The number of halogens is 1. The van der Waals surface area contributed by atoms with Crippen molar-refractivity contribution in [3.63, 3.8) is 0 Å². The summed E-state index contributed by atoms with van der Waals surface area (Å²) in [4.78, 5) is 24.9. The van der Waals surface area contributed by atoms with Gasteiger partial charge >= 0.3 is 12.0 Å². The molecule has 0 fully saturated rings. The Morgan fingerprint density at radius 2 is 1.95 bits per heavy atom. The smallest absolute Gasteiger partial charge is 0.331 e. The van der Waals surface area contributed by atoms with Gasteiger partial charge in [-0.3, -0.25) is 0 Å². The van der Waals surface area contributed by atoms with Crippen LogP contribution in [0.3, 0.4) is 0 Å². The number of carboxylic acids is 1. The molecule has 116 valence electrons. The Kier molecular flexibility index (Phi) is 6.49. The molecule has 0 aromatic heterocycles. The molecule has 1 aromatic carbocycles. The Morgan fingerprint density at radius 1 is 1.33 bits per heavy atom. The van der Waals surface area contributed by atoms with Crippen molar-refractivity contribution in [1.82, 2.24) is 10.2 Å². The van der Waals surface area contributed by atoms with E-state index >= 15 is 0 Å². The van der Waals surface area contributed by atoms with Gasteiger partial charge in [-0.15, -0.1) is 0 Å². The number of nitrogens with one attached hydrogen (secondary N) is 1. The number of hydrogen-bond donors (Lipinski definition) is 2. The predicted molar refractivity (Wildman–Crippen MR) is 82.4 cm³/mol. The standard InChI is InChI=1S/C15H21ClN2O3/c1-10(2)8-9-18(3)15(21)17-13(14(19)20)11-6-4-5-7-12(11)16/h4-7,10,13H,8-9H2,1-3H3,(H,17,21)(H,19,20)/t13-/m1/s1.